The third-order valence-electron chi connectivity index (χ3n) is 1.82. The zero-order valence-corrected chi connectivity index (χ0v) is 9.39. The van der Waals surface area contributed by atoms with Crippen LogP contribution in [-0.4, -0.2) is 0 Å². The van der Waals surface area contributed by atoms with Crippen LogP contribution in [0.1, 0.15) is 0 Å². The Morgan fingerprint density at radius 3 is 1.50 bits per heavy atom. The van der Waals surface area contributed by atoms with Crippen molar-refractivity contribution in [3.63, 3.8) is 0 Å². The van der Waals surface area contributed by atoms with Gasteiger partial charge in [0.15, 0.2) is 0 Å². The highest BCUT2D eigenvalue weighted by Gasteiger charge is 1.99. The molecule has 0 unspecified atom stereocenters. The maximum atomic E-state index is 3.51. The molecule has 12 heavy (non-hydrogen) atoms. The Morgan fingerprint density at radius 1 is 0.667 bits per heavy atom. The summed E-state index contributed by atoms with van der Waals surface area (Å²) in [4.78, 5) is 0. The highest BCUT2D eigenvalue weighted by molar-refractivity contribution is 9.11. The van der Waals surface area contributed by atoms with Crippen LogP contribution < -0.4 is 0 Å². The van der Waals surface area contributed by atoms with Crippen molar-refractivity contribution >= 4 is 42.6 Å². The topological polar surface area (TPSA) is 0 Å². The van der Waals surface area contributed by atoms with E-state index in [4.69, 9.17) is 0 Å². The number of hydrogen-bond acceptors (Lipinski definition) is 0. The van der Waals surface area contributed by atoms with Crippen molar-refractivity contribution in [2.75, 3.05) is 0 Å². The molecule has 0 aliphatic heterocycles. The van der Waals surface area contributed by atoms with Crippen LogP contribution in [0.4, 0.5) is 0 Å². The maximum absolute atomic E-state index is 3.51. The average molecular weight is 286 g/mol. The van der Waals surface area contributed by atoms with Gasteiger partial charge in [0.25, 0.3) is 0 Å². The van der Waals surface area contributed by atoms with Crippen LogP contribution in [-0.2, 0) is 0 Å². The van der Waals surface area contributed by atoms with Crippen molar-refractivity contribution < 1.29 is 0 Å². The Labute approximate surface area is 87.8 Å². The van der Waals surface area contributed by atoms with E-state index >= 15 is 0 Å². The zero-order valence-electron chi connectivity index (χ0n) is 6.22. The maximum Gasteiger partial charge on any atom is 0.0254 e. The van der Waals surface area contributed by atoms with Gasteiger partial charge >= 0.3 is 0 Å². The third kappa shape index (κ3) is 1.29. The van der Waals surface area contributed by atoms with E-state index in [2.05, 4.69) is 56.1 Å². The summed E-state index contributed by atoms with van der Waals surface area (Å²) in [6, 6.07) is 12.4. The minimum absolute atomic E-state index is 1.14. The molecule has 0 aliphatic carbocycles. The van der Waals surface area contributed by atoms with Crippen LogP contribution in [0.15, 0.2) is 45.3 Å². The highest BCUT2D eigenvalue weighted by Crippen LogP contribution is 2.28. The second-order valence-corrected chi connectivity index (χ2v) is 4.28. The van der Waals surface area contributed by atoms with Gasteiger partial charge < -0.3 is 0 Å². The van der Waals surface area contributed by atoms with Crippen LogP contribution in [0.3, 0.4) is 0 Å². The predicted molar refractivity (Wildman–Crippen MR) is 59.3 cm³/mol. The van der Waals surface area contributed by atoms with E-state index in [9.17, 15) is 0 Å². The Morgan fingerprint density at radius 2 is 1.08 bits per heavy atom. The first-order valence-electron chi connectivity index (χ1n) is 3.62. The second-order valence-electron chi connectivity index (χ2n) is 2.57. The van der Waals surface area contributed by atoms with Gasteiger partial charge in [-0.2, -0.15) is 0 Å². The Hall–Kier alpha value is -0.340. The molecule has 0 fully saturated rings. The fourth-order valence-electron chi connectivity index (χ4n) is 1.23. The molecule has 2 aromatic carbocycles. The number of rotatable bonds is 0. The summed E-state index contributed by atoms with van der Waals surface area (Å²) < 4.78 is 2.28. The second kappa shape index (κ2) is 3.19. The van der Waals surface area contributed by atoms with Gasteiger partial charge in [-0.25, -0.2) is 0 Å². The van der Waals surface area contributed by atoms with Crippen LogP contribution in [0.5, 0.6) is 0 Å². The van der Waals surface area contributed by atoms with Gasteiger partial charge in [0.1, 0.15) is 0 Å². The molecule has 0 nitrogen and oxygen atoms in total. The first-order valence-corrected chi connectivity index (χ1v) is 5.20. The van der Waals surface area contributed by atoms with Gasteiger partial charge in [0, 0.05) is 8.95 Å². The molecule has 0 aliphatic rings. The quantitative estimate of drug-likeness (QED) is 0.674. The van der Waals surface area contributed by atoms with Crippen molar-refractivity contribution in [1.29, 1.82) is 0 Å². The molecule has 0 N–H and O–H groups in total. The van der Waals surface area contributed by atoms with Crippen LogP contribution in [0, 0.1) is 0 Å². The van der Waals surface area contributed by atoms with E-state index in [0.717, 1.165) is 8.95 Å². The summed E-state index contributed by atoms with van der Waals surface area (Å²) in [6.45, 7) is 0. The van der Waals surface area contributed by atoms with Gasteiger partial charge in [-0.05, 0) is 22.9 Å². The molecule has 0 saturated carbocycles. The van der Waals surface area contributed by atoms with Crippen molar-refractivity contribution in [3.05, 3.63) is 45.3 Å². The van der Waals surface area contributed by atoms with Crippen LogP contribution in [0.25, 0.3) is 10.8 Å². The number of halogens is 2. The lowest BCUT2D eigenvalue weighted by atomic mass is 10.1. The molecule has 60 valence electrons. The van der Waals surface area contributed by atoms with Crippen molar-refractivity contribution in [2.24, 2.45) is 0 Å². The summed E-state index contributed by atoms with van der Waals surface area (Å²) in [5.74, 6) is 0. The Balaban J connectivity index is 2.94. The SMILES string of the molecule is Brc1cccc2c(Br)cccc12. The predicted octanol–water partition coefficient (Wildman–Crippen LogP) is 4.36. The molecule has 0 spiro atoms. The van der Waals surface area contributed by atoms with Crippen LogP contribution in [0.2, 0.25) is 0 Å². The number of hydrogen-bond donors (Lipinski definition) is 0. The van der Waals surface area contributed by atoms with E-state index in [0.29, 0.717) is 0 Å². The van der Waals surface area contributed by atoms with E-state index < -0.39 is 0 Å². The molecule has 0 heterocycles. The molecule has 2 aromatic rings. The molecule has 0 atom stereocenters. The summed E-state index contributed by atoms with van der Waals surface area (Å²) in [7, 11) is 0. The minimum atomic E-state index is 1.14. The fraction of sp³-hybridized carbons (Fsp3) is 0. The first-order chi connectivity index (χ1) is 5.79. The standard InChI is InChI=1S/C10H6Br2/c11-9-5-1-3-7-8(9)4-2-6-10(7)12/h1-6H. The lowest BCUT2D eigenvalue weighted by Crippen LogP contribution is -1.74. The molecule has 2 heteroatoms. The van der Waals surface area contributed by atoms with Crippen molar-refractivity contribution in [3.8, 4) is 0 Å². The van der Waals surface area contributed by atoms with Gasteiger partial charge in [-0.15, -0.1) is 0 Å². The average Bonchev–Trinajstić information content (AvgIpc) is 2.07. The largest absolute Gasteiger partial charge is 0.0605 e. The zero-order chi connectivity index (χ0) is 8.55. The van der Waals surface area contributed by atoms with E-state index in [-0.39, 0.29) is 0 Å². The van der Waals surface area contributed by atoms with Crippen molar-refractivity contribution in [2.45, 2.75) is 0 Å². The van der Waals surface area contributed by atoms with E-state index in [1.54, 1.807) is 0 Å². The summed E-state index contributed by atoms with van der Waals surface area (Å²) in [6.07, 6.45) is 0. The van der Waals surface area contributed by atoms with Crippen LogP contribution >= 0.6 is 31.9 Å². The number of fused-ring (bicyclic) bond motifs is 1. The molecule has 0 amide bonds. The summed E-state index contributed by atoms with van der Waals surface area (Å²) in [5.41, 5.74) is 0. The van der Waals surface area contributed by atoms with Crippen molar-refractivity contribution in [1.82, 2.24) is 0 Å². The monoisotopic (exact) mass is 284 g/mol. The van der Waals surface area contributed by atoms with E-state index in [1.165, 1.54) is 10.8 Å². The highest BCUT2D eigenvalue weighted by atomic mass is 79.9. The Bertz CT molecular complexity index is 380. The molecular formula is C10H6Br2. The van der Waals surface area contributed by atoms with Gasteiger partial charge in [0.05, 0.1) is 0 Å². The molecular weight excluding hydrogens is 280 g/mol. The number of benzene rings is 2. The van der Waals surface area contributed by atoms with Gasteiger partial charge in [-0.1, -0.05) is 56.1 Å². The molecule has 0 aromatic heterocycles. The summed E-state index contributed by atoms with van der Waals surface area (Å²) in [5, 5.41) is 2.48. The Kier molecular flexibility index (Phi) is 2.20. The van der Waals surface area contributed by atoms with Gasteiger partial charge in [0.2, 0.25) is 0 Å². The molecule has 0 bridgehead atoms. The lowest BCUT2D eigenvalue weighted by Gasteiger charge is -2.01. The molecule has 2 rings (SSSR count). The van der Waals surface area contributed by atoms with Gasteiger partial charge in [-0.3, -0.25) is 0 Å². The molecule has 0 saturated heterocycles. The van der Waals surface area contributed by atoms with E-state index in [1.807, 2.05) is 12.1 Å². The normalized spacial score (nSPS) is 10.5. The smallest absolute Gasteiger partial charge is 0.0254 e. The third-order valence-corrected chi connectivity index (χ3v) is 3.20. The fourth-order valence-corrected chi connectivity index (χ4v) is 2.23. The minimum Gasteiger partial charge on any atom is -0.0605 e. The lowest BCUT2D eigenvalue weighted by molar-refractivity contribution is 1.68. The molecule has 0 radical (unpaired) electrons. The summed E-state index contributed by atoms with van der Waals surface area (Å²) >= 11 is 7.02. The first kappa shape index (κ1) is 8.27.